The molecule has 1 amide bonds. The average Bonchev–Trinajstić information content (AvgIpc) is 2.94. The van der Waals surface area contributed by atoms with Crippen molar-refractivity contribution in [3.63, 3.8) is 0 Å². The van der Waals surface area contributed by atoms with E-state index < -0.39 is 11.9 Å². The van der Waals surface area contributed by atoms with Crippen LogP contribution >= 0.6 is 0 Å². The Morgan fingerprint density at radius 1 is 1.43 bits per heavy atom. The van der Waals surface area contributed by atoms with Crippen LogP contribution in [0.4, 0.5) is 0 Å². The third-order valence-corrected chi connectivity index (χ3v) is 3.27. The second kappa shape index (κ2) is 6.29. The summed E-state index contributed by atoms with van der Waals surface area (Å²) in [5.41, 5.74) is 1.15. The summed E-state index contributed by atoms with van der Waals surface area (Å²) in [4.78, 5) is 31.0. The summed E-state index contributed by atoms with van der Waals surface area (Å²) in [6, 6.07) is 0. The highest BCUT2D eigenvalue weighted by atomic mass is 16.4. The minimum Gasteiger partial charge on any atom is -0.481 e. The molecule has 0 aliphatic heterocycles. The van der Waals surface area contributed by atoms with E-state index in [0.717, 1.165) is 5.69 Å². The second-order valence-corrected chi connectivity index (χ2v) is 4.73. The lowest BCUT2D eigenvalue weighted by Gasteiger charge is -2.10. The number of carbonyl (C=O) groups excluding carboxylic acids is 1. The maximum absolute atomic E-state index is 12.2. The first-order chi connectivity index (χ1) is 10.0. The summed E-state index contributed by atoms with van der Waals surface area (Å²) in [6.45, 7) is 3.82. The van der Waals surface area contributed by atoms with E-state index in [4.69, 9.17) is 5.11 Å². The first kappa shape index (κ1) is 14.9. The van der Waals surface area contributed by atoms with Crippen molar-refractivity contribution >= 4 is 17.7 Å². The lowest BCUT2D eigenvalue weighted by Crippen LogP contribution is -2.28. The van der Waals surface area contributed by atoms with Crippen molar-refractivity contribution in [3.05, 3.63) is 23.8 Å². The third-order valence-electron chi connectivity index (χ3n) is 3.27. The molecule has 0 saturated heterocycles. The molecule has 0 aliphatic rings. The molecule has 0 spiro atoms. The first-order valence-corrected chi connectivity index (χ1v) is 6.73. The van der Waals surface area contributed by atoms with Crippen LogP contribution in [-0.2, 0) is 11.2 Å². The Morgan fingerprint density at radius 3 is 2.86 bits per heavy atom. The van der Waals surface area contributed by atoms with Gasteiger partial charge in [0, 0.05) is 12.7 Å². The van der Waals surface area contributed by atoms with Gasteiger partial charge in [-0.25, -0.2) is 9.50 Å². The van der Waals surface area contributed by atoms with E-state index in [9.17, 15) is 9.59 Å². The molecule has 8 nitrogen and oxygen atoms in total. The summed E-state index contributed by atoms with van der Waals surface area (Å²) in [7, 11) is 0. The summed E-state index contributed by atoms with van der Waals surface area (Å²) in [6.07, 6.45) is 3.84. The smallest absolute Gasteiger partial charge is 0.306 e. The zero-order chi connectivity index (χ0) is 15.4. The Morgan fingerprint density at radius 2 is 2.19 bits per heavy atom. The summed E-state index contributed by atoms with van der Waals surface area (Å²) in [5.74, 6) is -1.20. The molecule has 2 rings (SSSR count). The Labute approximate surface area is 121 Å². The van der Waals surface area contributed by atoms with Crippen molar-refractivity contribution in [1.82, 2.24) is 24.9 Å². The molecule has 1 atom stereocenters. The number of hydrogen-bond donors (Lipinski definition) is 2. The quantitative estimate of drug-likeness (QED) is 0.803. The number of nitrogens with zero attached hydrogens (tertiary/aromatic N) is 4. The van der Waals surface area contributed by atoms with Crippen molar-refractivity contribution in [2.75, 3.05) is 6.54 Å². The van der Waals surface area contributed by atoms with Crippen molar-refractivity contribution in [2.24, 2.45) is 5.92 Å². The van der Waals surface area contributed by atoms with E-state index in [-0.39, 0.29) is 5.91 Å². The highest BCUT2D eigenvalue weighted by Gasteiger charge is 2.16. The first-order valence-electron chi connectivity index (χ1n) is 6.73. The van der Waals surface area contributed by atoms with Gasteiger partial charge in [0.15, 0.2) is 0 Å². The van der Waals surface area contributed by atoms with Crippen molar-refractivity contribution < 1.29 is 14.7 Å². The lowest BCUT2D eigenvalue weighted by molar-refractivity contribution is -0.141. The molecule has 8 heteroatoms. The van der Waals surface area contributed by atoms with E-state index in [1.54, 1.807) is 6.92 Å². The zero-order valence-electron chi connectivity index (χ0n) is 11.9. The van der Waals surface area contributed by atoms with E-state index in [1.165, 1.54) is 17.0 Å². The van der Waals surface area contributed by atoms with Gasteiger partial charge in [-0.1, -0.05) is 13.8 Å². The predicted molar refractivity (Wildman–Crippen MR) is 73.9 cm³/mol. The molecule has 0 radical (unpaired) electrons. The van der Waals surface area contributed by atoms with E-state index in [2.05, 4.69) is 20.4 Å². The zero-order valence-corrected chi connectivity index (χ0v) is 11.9. The number of carbonyl (C=O) groups is 2. The molecule has 0 bridgehead atoms. The van der Waals surface area contributed by atoms with Crippen LogP contribution in [0.5, 0.6) is 0 Å². The highest BCUT2D eigenvalue weighted by Crippen LogP contribution is 2.10. The third kappa shape index (κ3) is 3.15. The number of aliphatic carboxylic acids is 1. The Bertz CT molecular complexity index is 667. The molecule has 1 unspecified atom stereocenters. The SMILES string of the molecule is CCc1c(C(=O)NCCC(C)C(=O)O)cnc2ncnn12. The van der Waals surface area contributed by atoms with Crippen molar-refractivity contribution in [3.8, 4) is 0 Å². The molecule has 112 valence electrons. The molecule has 0 aromatic carbocycles. The molecular weight excluding hydrogens is 274 g/mol. The number of amides is 1. The van der Waals surface area contributed by atoms with Crippen LogP contribution in [0.3, 0.4) is 0 Å². The van der Waals surface area contributed by atoms with Crippen molar-refractivity contribution in [2.45, 2.75) is 26.7 Å². The maximum atomic E-state index is 12.2. The Hall–Kier alpha value is -2.51. The Kier molecular flexibility index (Phi) is 4.46. The number of fused-ring (bicyclic) bond motifs is 1. The highest BCUT2D eigenvalue weighted by molar-refractivity contribution is 5.95. The summed E-state index contributed by atoms with van der Waals surface area (Å²) in [5, 5.41) is 15.6. The minimum absolute atomic E-state index is 0.283. The molecule has 0 aliphatic carbocycles. The molecule has 2 aromatic heterocycles. The van der Waals surface area contributed by atoms with Crippen LogP contribution in [0.15, 0.2) is 12.5 Å². The molecule has 2 N–H and O–H groups in total. The van der Waals surface area contributed by atoms with Gasteiger partial charge in [0.05, 0.1) is 17.2 Å². The fourth-order valence-electron chi connectivity index (χ4n) is 1.98. The number of aryl methyl sites for hydroxylation is 1. The van der Waals surface area contributed by atoms with E-state index in [0.29, 0.717) is 30.7 Å². The normalized spacial score (nSPS) is 12.3. The number of hydrogen-bond acceptors (Lipinski definition) is 5. The topological polar surface area (TPSA) is 109 Å². The number of nitrogens with one attached hydrogen (secondary N) is 1. The summed E-state index contributed by atoms with van der Waals surface area (Å²) < 4.78 is 1.54. The van der Waals surface area contributed by atoms with E-state index in [1.807, 2.05) is 6.92 Å². The van der Waals surface area contributed by atoms with Gasteiger partial charge in [-0.2, -0.15) is 10.1 Å². The number of carboxylic acid groups (broad SMARTS) is 1. The van der Waals surface area contributed by atoms with Crippen LogP contribution < -0.4 is 5.32 Å². The van der Waals surface area contributed by atoms with Gasteiger partial charge in [-0.3, -0.25) is 9.59 Å². The standard InChI is InChI=1S/C13H17N5O3/c1-3-10-9(6-15-13-16-7-17-18(10)13)11(19)14-5-4-8(2)12(20)21/h6-8H,3-5H2,1-2H3,(H,14,19)(H,20,21). The molecule has 0 saturated carbocycles. The van der Waals surface area contributed by atoms with Gasteiger partial charge >= 0.3 is 5.97 Å². The fourth-order valence-corrected chi connectivity index (χ4v) is 1.98. The fraction of sp³-hybridized carbons (Fsp3) is 0.462. The second-order valence-electron chi connectivity index (χ2n) is 4.73. The molecule has 2 heterocycles. The number of carboxylic acids is 1. The van der Waals surface area contributed by atoms with Crippen LogP contribution in [0, 0.1) is 5.92 Å². The van der Waals surface area contributed by atoms with Gasteiger partial charge in [0.1, 0.15) is 6.33 Å². The molecule has 0 fully saturated rings. The van der Waals surface area contributed by atoms with Crippen LogP contribution in [0.2, 0.25) is 0 Å². The summed E-state index contributed by atoms with van der Waals surface area (Å²) >= 11 is 0. The van der Waals surface area contributed by atoms with Crippen LogP contribution in [0.1, 0.15) is 36.3 Å². The lowest BCUT2D eigenvalue weighted by atomic mass is 10.1. The van der Waals surface area contributed by atoms with Gasteiger partial charge < -0.3 is 10.4 Å². The van der Waals surface area contributed by atoms with Gasteiger partial charge in [0.25, 0.3) is 11.7 Å². The molecule has 21 heavy (non-hydrogen) atoms. The molecular formula is C13H17N5O3. The number of rotatable bonds is 6. The Balaban J connectivity index is 2.10. The number of aromatic nitrogens is 4. The van der Waals surface area contributed by atoms with E-state index >= 15 is 0 Å². The van der Waals surface area contributed by atoms with Gasteiger partial charge in [-0.05, 0) is 12.8 Å². The monoisotopic (exact) mass is 291 g/mol. The predicted octanol–water partition coefficient (Wildman–Crippen LogP) is 0.527. The van der Waals surface area contributed by atoms with Crippen LogP contribution in [0.25, 0.3) is 5.78 Å². The van der Waals surface area contributed by atoms with Crippen molar-refractivity contribution in [1.29, 1.82) is 0 Å². The minimum atomic E-state index is -0.871. The molecule has 2 aromatic rings. The maximum Gasteiger partial charge on any atom is 0.306 e. The van der Waals surface area contributed by atoms with Gasteiger partial charge in [0.2, 0.25) is 0 Å². The average molecular weight is 291 g/mol. The van der Waals surface area contributed by atoms with Crippen LogP contribution in [-0.4, -0.2) is 43.1 Å². The largest absolute Gasteiger partial charge is 0.481 e. The van der Waals surface area contributed by atoms with Gasteiger partial charge in [-0.15, -0.1) is 0 Å².